The smallest absolute Gasteiger partial charge is 0.268 e. The molecule has 3 atom stereocenters. The summed E-state index contributed by atoms with van der Waals surface area (Å²) in [4.78, 5) is 25.6. The number of nitrogens with one attached hydrogen (secondary N) is 1. The molecule has 0 fully saturated rings. The van der Waals surface area contributed by atoms with E-state index in [1.165, 1.54) is 238 Å². The lowest BCUT2D eigenvalue weighted by Gasteiger charge is -2.29. The van der Waals surface area contributed by atoms with E-state index < -0.39 is 26.6 Å². The summed E-state index contributed by atoms with van der Waals surface area (Å²) in [7, 11) is 1.24. The van der Waals surface area contributed by atoms with Crippen molar-refractivity contribution in [2.24, 2.45) is 0 Å². The van der Waals surface area contributed by atoms with Crippen molar-refractivity contribution in [2.45, 2.75) is 328 Å². The van der Waals surface area contributed by atoms with Crippen LogP contribution in [-0.2, 0) is 18.4 Å². The molecule has 0 aliphatic rings. The highest BCUT2D eigenvalue weighted by atomic mass is 31.2. The summed E-state index contributed by atoms with van der Waals surface area (Å²) in [5.74, 6) is -0.208. The lowest BCUT2D eigenvalue weighted by atomic mass is 10.0. The van der Waals surface area contributed by atoms with Crippen molar-refractivity contribution in [1.29, 1.82) is 0 Å². The number of quaternary nitrogens is 1. The number of hydrogen-bond acceptors (Lipinski definition) is 6. The second-order valence-electron chi connectivity index (χ2n) is 24.2. The van der Waals surface area contributed by atoms with Gasteiger partial charge >= 0.3 is 0 Å². The average molecular weight is 1130 g/mol. The molecule has 0 aliphatic carbocycles. The molecule has 0 aromatic carbocycles. The zero-order chi connectivity index (χ0) is 57.7. The normalized spacial score (nSPS) is 14.2. The van der Waals surface area contributed by atoms with Crippen LogP contribution in [0.4, 0.5) is 0 Å². The summed E-state index contributed by atoms with van der Waals surface area (Å²) in [6.07, 6.45) is 84.6. The molecule has 0 aromatic rings. The van der Waals surface area contributed by atoms with Gasteiger partial charge in [-0.3, -0.25) is 9.36 Å². The van der Waals surface area contributed by atoms with Gasteiger partial charge < -0.3 is 28.8 Å². The molecule has 0 aromatic heterocycles. The Bertz CT molecular complexity index is 1520. The van der Waals surface area contributed by atoms with E-state index in [1.54, 1.807) is 6.08 Å². The SMILES string of the molecule is CCCCCCC/C=C\C/C=C\C/C=C\CCCCCCCCCCCCCCCCCCCCCCCCCCC(=O)NC(COP(=O)([O-])OCC[N+](C)(C)C)C(O)/C=C/CC/C=C/CC/C=C/CCCCCCCCCC. The number of hydrogen-bond donors (Lipinski definition) is 2. The van der Waals surface area contributed by atoms with Gasteiger partial charge in [0.1, 0.15) is 13.2 Å². The fourth-order valence-electron chi connectivity index (χ4n) is 9.84. The van der Waals surface area contributed by atoms with Crippen LogP contribution in [0.15, 0.2) is 72.9 Å². The van der Waals surface area contributed by atoms with E-state index in [-0.39, 0.29) is 12.5 Å². The maximum absolute atomic E-state index is 13.0. The number of likely N-dealkylation sites (N-methyl/N-ethyl adjacent to an activating group) is 1. The molecule has 0 rings (SSSR count). The highest BCUT2D eigenvalue weighted by Gasteiger charge is 2.23. The van der Waals surface area contributed by atoms with Gasteiger partial charge in [0, 0.05) is 6.42 Å². The molecule has 3 unspecified atom stereocenters. The number of allylic oxidation sites excluding steroid dienone is 11. The Labute approximate surface area is 491 Å². The van der Waals surface area contributed by atoms with Gasteiger partial charge in [0.05, 0.1) is 39.9 Å². The van der Waals surface area contributed by atoms with Crippen molar-refractivity contribution in [1.82, 2.24) is 5.32 Å². The molecule has 0 spiro atoms. The number of unbranched alkanes of at least 4 members (excludes halogenated alkanes) is 39. The number of phosphoric ester groups is 1. The number of carbonyl (C=O) groups is 1. The van der Waals surface area contributed by atoms with Crippen molar-refractivity contribution in [3.05, 3.63) is 72.9 Å². The first kappa shape index (κ1) is 76.9. The number of aliphatic hydroxyl groups excluding tert-OH is 1. The molecular weight excluding hydrogens is 996 g/mol. The third kappa shape index (κ3) is 63.4. The number of aliphatic hydroxyl groups is 1. The van der Waals surface area contributed by atoms with Gasteiger partial charge in [-0.1, -0.05) is 299 Å². The third-order valence-corrected chi connectivity index (χ3v) is 16.1. The molecule has 79 heavy (non-hydrogen) atoms. The van der Waals surface area contributed by atoms with E-state index >= 15 is 0 Å². The second kappa shape index (κ2) is 60.5. The van der Waals surface area contributed by atoms with Crippen LogP contribution in [0.5, 0.6) is 0 Å². The molecule has 0 bridgehead atoms. The Morgan fingerprint density at radius 1 is 0.443 bits per heavy atom. The van der Waals surface area contributed by atoms with Gasteiger partial charge in [0.25, 0.3) is 7.82 Å². The van der Waals surface area contributed by atoms with Crippen molar-refractivity contribution >= 4 is 13.7 Å². The van der Waals surface area contributed by atoms with Crippen LogP contribution in [0.25, 0.3) is 0 Å². The maximum atomic E-state index is 13.0. The Balaban J connectivity index is 3.98. The lowest BCUT2D eigenvalue weighted by Crippen LogP contribution is -2.45. The molecule has 2 N–H and O–H groups in total. The fraction of sp³-hybridized carbons (Fsp3) is 0.814. The number of rotatable bonds is 62. The van der Waals surface area contributed by atoms with E-state index in [0.717, 1.165) is 57.8 Å². The summed E-state index contributed by atoms with van der Waals surface area (Å²) in [5.41, 5.74) is 0. The summed E-state index contributed by atoms with van der Waals surface area (Å²) in [6.45, 7) is 4.63. The molecule has 462 valence electrons. The summed E-state index contributed by atoms with van der Waals surface area (Å²) in [5, 5.41) is 13.9. The number of nitrogens with zero attached hydrogens (tertiary/aromatic N) is 1. The van der Waals surface area contributed by atoms with Crippen LogP contribution in [0, 0.1) is 0 Å². The predicted octanol–water partition coefficient (Wildman–Crippen LogP) is 20.8. The van der Waals surface area contributed by atoms with Gasteiger partial charge in [-0.15, -0.1) is 0 Å². The third-order valence-electron chi connectivity index (χ3n) is 15.1. The van der Waals surface area contributed by atoms with Gasteiger partial charge in [0.2, 0.25) is 5.91 Å². The minimum absolute atomic E-state index is 0.00933. The quantitative estimate of drug-likeness (QED) is 0.0272. The lowest BCUT2D eigenvalue weighted by molar-refractivity contribution is -0.870. The zero-order valence-electron chi connectivity index (χ0n) is 52.8. The molecule has 0 heterocycles. The number of amides is 1. The summed E-state index contributed by atoms with van der Waals surface area (Å²) >= 11 is 0. The first-order valence-electron chi connectivity index (χ1n) is 33.8. The minimum atomic E-state index is -4.61. The second-order valence-corrected chi connectivity index (χ2v) is 25.6. The van der Waals surface area contributed by atoms with E-state index in [4.69, 9.17) is 9.05 Å². The Morgan fingerprint density at radius 2 is 0.747 bits per heavy atom. The monoisotopic (exact) mass is 1130 g/mol. The van der Waals surface area contributed by atoms with Crippen LogP contribution in [0.2, 0.25) is 0 Å². The van der Waals surface area contributed by atoms with Crippen molar-refractivity contribution in [3.63, 3.8) is 0 Å². The predicted molar refractivity (Wildman–Crippen MR) is 344 cm³/mol. The first-order chi connectivity index (χ1) is 38.5. The summed E-state index contributed by atoms with van der Waals surface area (Å²) in [6, 6.07) is -0.911. The molecular formula is C70H131N2O6P. The zero-order valence-corrected chi connectivity index (χ0v) is 53.7. The fourth-order valence-corrected chi connectivity index (χ4v) is 10.6. The molecule has 9 heteroatoms. The molecule has 0 saturated carbocycles. The highest BCUT2D eigenvalue weighted by molar-refractivity contribution is 7.45. The maximum Gasteiger partial charge on any atom is 0.268 e. The van der Waals surface area contributed by atoms with Crippen molar-refractivity contribution in [2.75, 3.05) is 40.9 Å². The van der Waals surface area contributed by atoms with Gasteiger partial charge in [-0.2, -0.15) is 0 Å². The van der Waals surface area contributed by atoms with Gasteiger partial charge in [0.15, 0.2) is 0 Å². The standard InChI is InChI=1S/C70H131N2O6P/c1-6-8-10-12-14-16-18-20-22-24-26-27-28-29-30-31-32-33-34-35-36-37-38-39-40-41-42-43-44-45-46-48-50-52-54-56-58-60-62-64-70(74)71-68(67-78-79(75,76)77-66-65-72(3,4)5)69(73)63-61-59-57-55-53-51-49-47-25-23-21-19-17-15-13-11-9-7-2/h18,20,24-26,28-29,47,53,55,61,63,68-69,73H,6-17,19,21-23,27,30-46,48-52,54,56-60,62,64-67H2,1-5H3,(H-,71,74,75,76)/b20-18-,26-24-,29-28-,47-25+,55-53+,63-61+. The Kier molecular flexibility index (Phi) is 59.0. The van der Waals surface area contributed by atoms with Gasteiger partial charge in [-0.05, 0) is 83.5 Å². The van der Waals surface area contributed by atoms with E-state index in [2.05, 4.69) is 79.9 Å². The largest absolute Gasteiger partial charge is 0.756 e. The Hall–Kier alpha value is -2.06. The van der Waals surface area contributed by atoms with E-state index in [0.29, 0.717) is 17.4 Å². The van der Waals surface area contributed by atoms with Crippen LogP contribution in [-0.4, -0.2) is 68.5 Å². The van der Waals surface area contributed by atoms with Crippen LogP contribution < -0.4 is 10.2 Å². The highest BCUT2D eigenvalue weighted by Crippen LogP contribution is 2.38. The molecule has 0 saturated heterocycles. The van der Waals surface area contributed by atoms with E-state index in [1.807, 2.05) is 27.2 Å². The van der Waals surface area contributed by atoms with Crippen LogP contribution in [0.1, 0.15) is 316 Å². The number of phosphoric acid groups is 1. The minimum Gasteiger partial charge on any atom is -0.756 e. The Morgan fingerprint density at radius 3 is 1.11 bits per heavy atom. The molecule has 0 radical (unpaired) electrons. The van der Waals surface area contributed by atoms with Crippen molar-refractivity contribution in [3.8, 4) is 0 Å². The van der Waals surface area contributed by atoms with Crippen molar-refractivity contribution < 1.29 is 32.9 Å². The topological polar surface area (TPSA) is 108 Å². The number of carbonyl (C=O) groups excluding carboxylic acids is 1. The first-order valence-corrected chi connectivity index (χ1v) is 35.3. The molecule has 0 aliphatic heterocycles. The molecule has 8 nitrogen and oxygen atoms in total. The van der Waals surface area contributed by atoms with Crippen LogP contribution >= 0.6 is 7.82 Å². The summed E-state index contributed by atoms with van der Waals surface area (Å²) < 4.78 is 23.4. The van der Waals surface area contributed by atoms with E-state index in [9.17, 15) is 19.4 Å². The molecule has 1 amide bonds. The average Bonchev–Trinajstić information content (AvgIpc) is 3.42. The van der Waals surface area contributed by atoms with Gasteiger partial charge in [-0.25, -0.2) is 0 Å². The van der Waals surface area contributed by atoms with Crippen LogP contribution in [0.3, 0.4) is 0 Å².